The van der Waals surface area contributed by atoms with Crippen LogP contribution >= 0.6 is 12.4 Å². The maximum atomic E-state index is 5.37. The van der Waals surface area contributed by atoms with Gasteiger partial charge in [0, 0.05) is 12.5 Å². The molecule has 0 spiro atoms. The Hall–Kier alpha value is -0.0500. The van der Waals surface area contributed by atoms with Crippen molar-refractivity contribution in [2.75, 3.05) is 26.3 Å². The smallest absolute Gasteiger partial charge is 0.0529 e. The van der Waals surface area contributed by atoms with Crippen molar-refractivity contribution in [1.29, 1.82) is 0 Å². The maximum Gasteiger partial charge on any atom is 0.0529 e. The molecule has 2 aliphatic rings. The van der Waals surface area contributed by atoms with Gasteiger partial charge in [-0.05, 0) is 38.8 Å². The average molecular weight is 218 g/mol. The summed E-state index contributed by atoms with van der Waals surface area (Å²) in [5.41, 5.74) is 1.65. The summed E-state index contributed by atoms with van der Waals surface area (Å²) in [6.45, 7) is 4.28. The largest absolute Gasteiger partial charge is 0.381 e. The van der Waals surface area contributed by atoms with E-state index < -0.39 is 0 Å². The third-order valence-electron chi connectivity index (χ3n) is 2.91. The molecule has 2 fully saturated rings. The summed E-state index contributed by atoms with van der Waals surface area (Å²) in [7, 11) is 0. The Balaban J connectivity index is 0.000000980. The Labute approximate surface area is 92.5 Å². The van der Waals surface area contributed by atoms with E-state index in [2.05, 4.69) is 11.4 Å². The van der Waals surface area contributed by atoms with Crippen LogP contribution in [0.5, 0.6) is 0 Å². The van der Waals surface area contributed by atoms with Gasteiger partial charge < -0.3 is 10.1 Å². The first-order valence-electron chi connectivity index (χ1n) is 5.43. The third-order valence-corrected chi connectivity index (χ3v) is 2.91. The molecule has 0 aromatic carbocycles. The molecule has 0 aliphatic carbocycles. The second kappa shape index (κ2) is 6.44. The second-order valence-corrected chi connectivity index (χ2v) is 4.05. The molecule has 0 bridgehead atoms. The highest BCUT2D eigenvalue weighted by Gasteiger charge is 2.14. The minimum Gasteiger partial charge on any atom is -0.381 e. The average Bonchev–Trinajstić information content (AvgIpc) is 2.49. The normalized spacial score (nSPS) is 31.1. The zero-order chi connectivity index (χ0) is 8.93. The van der Waals surface area contributed by atoms with E-state index in [4.69, 9.17) is 4.74 Å². The van der Waals surface area contributed by atoms with Gasteiger partial charge in [-0.15, -0.1) is 12.4 Å². The Morgan fingerprint density at radius 3 is 3.00 bits per heavy atom. The van der Waals surface area contributed by atoms with Crippen LogP contribution in [0.1, 0.15) is 25.7 Å². The van der Waals surface area contributed by atoms with E-state index in [1.165, 1.54) is 38.8 Å². The Kier molecular flexibility index (Phi) is 5.53. The molecule has 0 saturated carbocycles. The molecule has 1 unspecified atom stereocenters. The zero-order valence-corrected chi connectivity index (χ0v) is 9.44. The van der Waals surface area contributed by atoms with Crippen molar-refractivity contribution in [3.05, 3.63) is 11.6 Å². The van der Waals surface area contributed by atoms with Gasteiger partial charge in [-0.3, -0.25) is 0 Å². The lowest BCUT2D eigenvalue weighted by molar-refractivity contribution is 0.191. The summed E-state index contributed by atoms with van der Waals surface area (Å²) >= 11 is 0. The van der Waals surface area contributed by atoms with Crippen LogP contribution in [0, 0.1) is 5.92 Å². The number of nitrogens with one attached hydrogen (secondary N) is 1. The minimum atomic E-state index is 0. The van der Waals surface area contributed by atoms with E-state index in [9.17, 15) is 0 Å². The fourth-order valence-corrected chi connectivity index (χ4v) is 2.12. The number of ether oxygens (including phenoxy) is 1. The van der Waals surface area contributed by atoms with Gasteiger partial charge >= 0.3 is 0 Å². The molecule has 1 N–H and O–H groups in total. The highest BCUT2D eigenvalue weighted by atomic mass is 35.5. The van der Waals surface area contributed by atoms with Crippen LogP contribution in [-0.4, -0.2) is 26.3 Å². The van der Waals surface area contributed by atoms with E-state index in [-0.39, 0.29) is 12.4 Å². The third kappa shape index (κ3) is 3.60. The molecule has 14 heavy (non-hydrogen) atoms. The van der Waals surface area contributed by atoms with Gasteiger partial charge in [0.15, 0.2) is 0 Å². The van der Waals surface area contributed by atoms with Crippen LogP contribution in [0.3, 0.4) is 0 Å². The molecular weight excluding hydrogens is 198 g/mol. The van der Waals surface area contributed by atoms with Gasteiger partial charge in [0.25, 0.3) is 0 Å². The van der Waals surface area contributed by atoms with Crippen molar-refractivity contribution < 1.29 is 4.74 Å². The van der Waals surface area contributed by atoms with Crippen LogP contribution in [0.25, 0.3) is 0 Å². The molecule has 0 aromatic rings. The SMILES string of the molecule is C(=C1\CCCNCC1)/C1CCOC1.Cl. The van der Waals surface area contributed by atoms with Crippen molar-refractivity contribution in [2.24, 2.45) is 5.92 Å². The van der Waals surface area contributed by atoms with E-state index in [0.717, 1.165) is 13.2 Å². The predicted molar refractivity (Wildman–Crippen MR) is 61.0 cm³/mol. The molecule has 3 heteroatoms. The topological polar surface area (TPSA) is 21.3 Å². The van der Waals surface area contributed by atoms with Gasteiger partial charge in [-0.2, -0.15) is 0 Å². The lowest BCUT2D eigenvalue weighted by atomic mass is 10.0. The van der Waals surface area contributed by atoms with Gasteiger partial charge in [0.1, 0.15) is 0 Å². The highest BCUT2D eigenvalue weighted by molar-refractivity contribution is 5.85. The number of halogens is 1. The summed E-state index contributed by atoms with van der Waals surface area (Å²) < 4.78 is 5.37. The minimum absolute atomic E-state index is 0. The number of rotatable bonds is 1. The Morgan fingerprint density at radius 2 is 2.21 bits per heavy atom. The monoisotopic (exact) mass is 217 g/mol. The molecule has 1 atom stereocenters. The molecule has 2 heterocycles. The first-order chi connectivity index (χ1) is 6.45. The van der Waals surface area contributed by atoms with E-state index in [0.29, 0.717) is 5.92 Å². The second-order valence-electron chi connectivity index (χ2n) is 4.05. The molecular formula is C11H20ClNO. The maximum absolute atomic E-state index is 5.37. The fraction of sp³-hybridized carbons (Fsp3) is 0.818. The standard InChI is InChI=1S/C11H19NO.ClH/c1-2-10(3-6-12-5-1)8-11-4-7-13-9-11;/h8,11-12H,1-7,9H2;1H/b10-8-;. The van der Waals surface area contributed by atoms with Crippen molar-refractivity contribution in [3.63, 3.8) is 0 Å². The van der Waals surface area contributed by atoms with Crippen LogP contribution < -0.4 is 5.32 Å². The predicted octanol–water partition coefficient (Wildman–Crippen LogP) is 2.14. The highest BCUT2D eigenvalue weighted by Crippen LogP contribution is 2.20. The first-order valence-corrected chi connectivity index (χ1v) is 5.43. The molecule has 0 amide bonds. The zero-order valence-electron chi connectivity index (χ0n) is 8.63. The fourth-order valence-electron chi connectivity index (χ4n) is 2.12. The molecule has 2 rings (SSSR count). The summed E-state index contributed by atoms with van der Waals surface area (Å²) in [5, 5.41) is 3.43. The molecule has 2 saturated heterocycles. The van der Waals surface area contributed by atoms with Crippen molar-refractivity contribution in [2.45, 2.75) is 25.7 Å². The van der Waals surface area contributed by atoms with Crippen LogP contribution in [0.2, 0.25) is 0 Å². The molecule has 2 nitrogen and oxygen atoms in total. The number of hydrogen-bond acceptors (Lipinski definition) is 2. The van der Waals surface area contributed by atoms with Gasteiger partial charge in [-0.1, -0.05) is 11.6 Å². The number of hydrogen-bond donors (Lipinski definition) is 1. The first kappa shape index (κ1) is 12.0. The molecule has 82 valence electrons. The molecule has 0 aromatic heterocycles. The van der Waals surface area contributed by atoms with Gasteiger partial charge in [0.05, 0.1) is 6.61 Å². The van der Waals surface area contributed by atoms with Gasteiger partial charge in [-0.25, -0.2) is 0 Å². The molecule has 0 radical (unpaired) electrons. The Morgan fingerprint density at radius 1 is 1.29 bits per heavy atom. The molecule has 2 aliphatic heterocycles. The Bertz CT molecular complexity index is 178. The summed E-state index contributed by atoms with van der Waals surface area (Å²) in [5.74, 6) is 0.716. The summed E-state index contributed by atoms with van der Waals surface area (Å²) in [6, 6.07) is 0. The quantitative estimate of drug-likeness (QED) is 0.680. The van der Waals surface area contributed by atoms with Crippen LogP contribution in [0.4, 0.5) is 0 Å². The van der Waals surface area contributed by atoms with Crippen molar-refractivity contribution in [3.8, 4) is 0 Å². The lowest BCUT2D eigenvalue weighted by Crippen LogP contribution is -2.13. The lowest BCUT2D eigenvalue weighted by Gasteiger charge is -2.05. The van der Waals surface area contributed by atoms with Gasteiger partial charge in [0.2, 0.25) is 0 Å². The van der Waals surface area contributed by atoms with Crippen molar-refractivity contribution >= 4 is 12.4 Å². The van der Waals surface area contributed by atoms with Crippen LogP contribution in [0.15, 0.2) is 11.6 Å². The van der Waals surface area contributed by atoms with E-state index >= 15 is 0 Å². The summed E-state index contributed by atoms with van der Waals surface area (Å²) in [4.78, 5) is 0. The van der Waals surface area contributed by atoms with E-state index in [1.807, 2.05) is 0 Å². The van der Waals surface area contributed by atoms with E-state index in [1.54, 1.807) is 5.57 Å². The van der Waals surface area contributed by atoms with Crippen LogP contribution in [-0.2, 0) is 4.74 Å². The van der Waals surface area contributed by atoms with Crippen molar-refractivity contribution in [1.82, 2.24) is 5.32 Å². The summed E-state index contributed by atoms with van der Waals surface area (Å²) in [6.07, 6.45) is 7.55.